The number of hydrogen-bond donors (Lipinski definition) is 2. The van der Waals surface area contributed by atoms with Gasteiger partial charge in [-0.2, -0.15) is 0 Å². The largest absolute Gasteiger partial charge is 0.441 e. The van der Waals surface area contributed by atoms with Gasteiger partial charge in [0.25, 0.3) is 0 Å². The summed E-state index contributed by atoms with van der Waals surface area (Å²) in [4.78, 5) is 10.3. The molecule has 1 aliphatic heterocycles. The van der Waals surface area contributed by atoms with Gasteiger partial charge in [0, 0.05) is 60.8 Å². The van der Waals surface area contributed by atoms with E-state index < -0.39 is 0 Å². The Kier molecular flexibility index (Phi) is 4.60. The number of oxazole rings is 1. The average molecular weight is 392 g/mol. The van der Waals surface area contributed by atoms with E-state index >= 15 is 0 Å². The Hall–Kier alpha value is -2.70. The number of fused-ring (bicyclic) bond motifs is 2. The molecule has 1 fully saturated rings. The Morgan fingerprint density at radius 1 is 1.14 bits per heavy atom. The number of nitrogens with one attached hydrogen (secondary N) is 2. The molecule has 2 atom stereocenters. The van der Waals surface area contributed by atoms with Crippen molar-refractivity contribution in [2.45, 2.75) is 32.4 Å². The normalized spacial score (nSPS) is 20.7. The van der Waals surface area contributed by atoms with E-state index in [2.05, 4.69) is 34.0 Å². The molecule has 29 heavy (non-hydrogen) atoms. The van der Waals surface area contributed by atoms with E-state index in [-0.39, 0.29) is 5.82 Å². The number of rotatable bonds is 4. The monoisotopic (exact) mass is 392 g/mol. The van der Waals surface area contributed by atoms with Crippen molar-refractivity contribution >= 4 is 22.0 Å². The molecule has 3 heterocycles. The fourth-order valence-corrected chi connectivity index (χ4v) is 4.46. The van der Waals surface area contributed by atoms with Crippen LogP contribution in [0.3, 0.4) is 0 Å². The molecule has 1 saturated heterocycles. The highest BCUT2D eigenvalue weighted by Gasteiger charge is 2.21. The third-order valence-electron chi connectivity index (χ3n) is 5.66. The summed E-state index contributed by atoms with van der Waals surface area (Å²) >= 11 is 0. The van der Waals surface area contributed by atoms with Crippen molar-refractivity contribution in [2.24, 2.45) is 0 Å². The van der Waals surface area contributed by atoms with Crippen LogP contribution in [0.4, 0.5) is 4.39 Å². The number of aromatic nitrogens is 2. The topological polar surface area (TPSA) is 57.1 Å². The molecule has 5 rings (SSSR count). The second-order valence-electron chi connectivity index (χ2n) is 8.16. The molecule has 0 bridgehead atoms. The van der Waals surface area contributed by atoms with Gasteiger partial charge >= 0.3 is 0 Å². The molecule has 0 amide bonds. The van der Waals surface area contributed by atoms with E-state index in [4.69, 9.17) is 4.42 Å². The number of piperazine rings is 1. The van der Waals surface area contributed by atoms with Gasteiger partial charge in [-0.1, -0.05) is 6.07 Å². The van der Waals surface area contributed by atoms with E-state index in [1.54, 1.807) is 0 Å². The number of aromatic amines is 1. The first kappa shape index (κ1) is 18.3. The summed E-state index contributed by atoms with van der Waals surface area (Å²) in [5.74, 6) is 0.534. The van der Waals surface area contributed by atoms with Crippen LogP contribution < -0.4 is 5.32 Å². The van der Waals surface area contributed by atoms with Crippen LogP contribution in [0.1, 0.15) is 19.7 Å². The molecule has 2 aromatic heterocycles. The van der Waals surface area contributed by atoms with Crippen LogP contribution in [0.2, 0.25) is 0 Å². The first-order valence-corrected chi connectivity index (χ1v) is 10.2. The molecule has 0 aliphatic carbocycles. The van der Waals surface area contributed by atoms with Crippen molar-refractivity contribution in [1.29, 1.82) is 0 Å². The molecule has 6 heteroatoms. The predicted octanol–water partition coefficient (Wildman–Crippen LogP) is 4.34. The molecule has 2 aromatic carbocycles. The standard InChI is InChI=1S/C23H25FN4O/c1-14-12-28(13-15(2)26-14)8-7-23-27-20-6-3-16(9-22(20)29-23)19-11-25-21-10-17(24)4-5-18(19)21/h3-6,9-11,14-15,25-26H,7-8,12-13H2,1-2H3. The van der Waals surface area contributed by atoms with Gasteiger partial charge < -0.3 is 14.7 Å². The van der Waals surface area contributed by atoms with Crippen molar-refractivity contribution in [2.75, 3.05) is 19.6 Å². The first-order valence-electron chi connectivity index (χ1n) is 10.2. The quantitative estimate of drug-likeness (QED) is 0.542. The molecular formula is C23H25FN4O. The second kappa shape index (κ2) is 7.28. The van der Waals surface area contributed by atoms with Crippen LogP contribution in [0.25, 0.3) is 33.1 Å². The van der Waals surface area contributed by atoms with Crippen molar-refractivity contribution in [1.82, 2.24) is 20.2 Å². The summed E-state index contributed by atoms with van der Waals surface area (Å²) in [6, 6.07) is 11.9. The minimum absolute atomic E-state index is 0.241. The van der Waals surface area contributed by atoms with E-state index in [1.807, 2.05) is 30.5 Å². The zero-order valence-electron chi connectivity index (χ0n) is 16.7. The smallest absolute Gasteiger partial charge is 0.196 e. The van der Waals surface area contributed by atoms with E-state index in [0.717, 1.165) is 65.1 Å². The average Bonchev–Trinajstić information content (AvgIpc) is 3.28. The van der Waals surface area contributed by atoms with Crippen LogP contribution in [-0.2, 0) is 6.42 Å². The minimum Gasteiger partial charge on any atom is -0.441 e. The van der Waals surface area contributed by atoms with E-state index in [0.29, 0.717) is 12.1 Å². The van der Waals surface area contributed by atoms with Gasteiger partial charge in [-0.25, -0.2) is 9.37 Å². The molecule has 1 aliphatic rings. The fraction of sp³-hybridized carbons (Fsp3) is 0.348. The van der Waals surface area contributed by atoms with Gasteiger partial charge in [0.15, 0.2) is 11.5 Å². The third-order valence-corrected chi connectivity index (χ3v) is 5.66. The fourth-order valence-electron chi connectivity index (χ4n) is 4.46. The molecule has 2 N–H and O–H groups in total. The zero-order chi connectivity index (χ0) is 20.0. The maximum atomic E-state index is 13.5. The van der Waals surface area contributed by atoms with Crippen molar-refractivity contribution < 1.29 is 8.81 Å². The van der Waals surface area contributed by atoms with Gasteiger partial charge in [0.05, 0.1) is 0 Å². The number of hydrogen-bond acceptors (Lipinski definition) is 4. The highest BCUT2D eigenvalue weighted by Crippen LogP contribution is 2.31. The highest BCUT2D eigenvalue weighted by atomic mass is 19.1. The summed E-state index contributed by atoms with van der Waals surface area (Å²) in [6.45, 7) is 7.50. The number of benzene rings is 2. The summed E-state index contributed by atoms with van der Waals surface area (Å²) in [6.07, 6.45) is 2.71. The van der Waals surface area contributed by atoms with Gasteiger partial charge in [-0.3, -0.25) is 4.90 Å². The minimum atomic E-state index is -0.241. The molecule has 4 aromatic rings. The number of halogens is 1. The maximum Gasteiger partial charge on any atom is 0.196 e. The predicted molar refractivity (Wildman–Crippen MR) is 113 cm³/mol. The van der Waals surface area contributed by atoms with Gasteiger partial charge in [-0.05, 0) is 49.7 Å². The van der Waals surface area contributed by atoms with Crippen molar-refractivity contribution in [3.63, 3.8) is 0 Å². The summed E-state index contributed by atoms with van der Waals surface area (Å²) < 4.78 is 19.5. The molecule has 5 nitrogen and oxygen atoms in total. The Morgan fingerprint density at radius 2 is 1.97 bits per heavy atom. The Labute approximate surface area is 168 Å². The molecule has 150 valence electrons. The van der Waals surface area contributed by atoms with E-state index in [9.17, 15) is 4.39 Å². The molecule has 0 saturated carbocycles. The van der Waals surface area contributed by atoms with Crippen LogP contribution >= 0.6 is 0 Å². The lowest BCUT2D eigenvalue weighted by Crippen LogP contribution is -2.54. The van der Waals surface area contributed by atoms with Crippen LogP contribution in [-0.4, -0.2) is 46.6 Å². The summed E-state index contributed by atoms with van der Waals surface area (Å²) in [5.41, 5.74) is 4.51. The van der Waals surface area contributed by atoms with Crippen molar-refractivity contribution in [3.8, 4) is 11.1 Å². The van der Waals surface area contributed by atoms with Crippen LogP contribution in [0, 0.1) is 5.82 Å². The molecule has 2 unspecified atom stereocenters. The maximum absolute atomic E-state index is 13.5. The third kappa shape index (κ3) is 3.66. The lowest BCUT2D eigenvalue weighted by atomic mass is 10.0. The molecular weight excluding hydrogens is 367 g/mol. The van der Waals surface area contributed by atoms with Gasteiger partial charge in [0.1, 0.15) is 11.3 Å². The van der Waals surface area contributed by atoms with Gasteiger partial charge in [-0.15, -0.1) is 0 Å². The Balaban J connectivity index is 1.37. The lowest BCUT2D eigenvalue weighted by Gasteiger charge is -2.35. The number of H-pyrrole nitrogens is 1. The lowest BCUT2D eigenvalue weighted by molar-refractivity contribution is 0.172. The summed E-state index contributed by atoms with van der Waals surface area (Å²) in [5, 5.41) is 4.55. The zero-order valence-corrected chi connectivity index (χ0v) is 16.7. The molecule has 0 radical (unpaired) electrons. The molecule has 0 spiro atoms. The van der Waals surface area contributed by atoms with Gasteiger partial charge in [0.2, 0.25) is 0 Å². The Bertz CT molecular complexity index is 1150. The second-order valence-corrected chi connectivity index (χ2v) is 8.16. The summed E-state index contributed by atoms with van der Waals surface area (Å²) in [7, 11) is 0. The Morgan fingerprint density at radius 3 is 2.79 bits per heavy atom. The van der Waals surface area contributed by atoms with Crippen LogP contribution in [0.15, 0.2) is 47.0 Å². The van der Waals surface area contributed by atoms with E-state index in [1.165, 1.54) is 12.1 Å². The SMILES string of the molecule is CC1CN(CCc2nc3ccc(-c4c[nH]c5cc(F)ccc45)cc3o2)CC(C)N1. The first-order chi connectivity index (χ1) is 14.0. The number of nitrogens with zero attached hydrogens (tertiary/aromatic N) is 2. The highest BCUT2D eigenvalue weighted by molar-refractivity contribution is 5.97. The van der Waals surface area contributed by atoms with Crippen molar-refractivity contribution in [3.05, 3.63) is 54.3 Å². The van der Waals surface area contributed by atoms with Crippen LogP contribution in [0.5, 0.6) is 0 Å².